The molecule has 3 N–H and O–H groups in total. The van der Waals surface area contributed by atoms with E-state index in [1.165, 1.54) is 6.07 Å². The summed E-state index contributed by atoms with van der Waals surface area (Å²) < 4.78 is 28.8. The van der Waals surface area contributed by atoms with Gasteiger partial charge in [-0.15, -0.1) is 0 Å². The standard InChI is InChI=1S/C14H17BrF2N4/c1-3-21-9(6-8(2)20-21)7-12(19-18)10-4-5-11(16)14(17)13(10)15/h4-6,12,19H,3,7,18H2,1-2H3. The molecule has 0 amide bonds. The Bertz CT molecular complexity index is 642. The Balaban J connectivity index is 2.34. The normalized spacial score (nSPS) is 12.7. The first-order chi connectivity index (χ1) is 9.97. The summed E-state index contributed by atoms with van der Waals surface area (Å²) in [6.07, 6.45) is 0.523. The van der Waals surface area contributed by atoms with Crippen molar-refractivity contribution in [2.24, 2.45) is 5.84 Å². The van der Waals surface area contributed by atoms with Crippen LogP contribution in [-0.4, -0.2) is 9.78 Å². The molecular formula is C14H17BrF2N4. The van der Waals surface area contributed by atoms with Crippen molar-refractivity contribution in [2.45, 2.75) is 32.9 Å². The number of halogens is 3. The van der Waals surface area contributed by atoms with Crippen molar-refractivity contribution in [1.29, 1.82) is 0 Å². The van der Waals surface area contributed by atoms with E-state index >= 15 is 0 Å². The highest BCUT2D eigenvalue weighted by atomic mass is 79.9. The minimum Gasteiger partial charge on any atom is -0.271 e. The highest BCUT2D eigenvalue weighted by Gasteiger charge is 2.20. The zero-order chi connectivity index (χ0) is 15.6. The molecule has 21 heavy (non-hydrogen) atoms. The molecule has 1 heterocycles. The molecule has 0 aliphatic rings. The first kappa shape index (κ1) is 16.1. The summed E-state index contributed by atoms with van der Waals surface area (Å²) in [6, 6.07) is 4.23. The van der Waals surface area contributed by atoms with E-state index < -0.39 is 11.6 Å². The van der Waals surface area contributed by atoms with Crippen LogP contribution in [0.15, 0.2) is 22.7 Å². The third-order valence-electron chi connectivity index (χ3n) is 3.34. The minimum atomic E-state index is -0.909. The molecule has 1 unspecified atom stereocenters. The van der Waals surface area contributed by atoms with Crippen LogP contribution in [0, 0.1) is 18.6 Å². The fourth-order valence-corrected chi connectivity index (χ4v) is 2.91. The molecule has 0 fully saturated rings. The summed E-state index contributed by atoms with van der Waals surface area (Å²) in [7, 11) is 0. The second-order valence-electron chi connectivity index (χ2n) is 4.78. The Morgan fingerprint density at radius 2 is 2.14 bits per heavy atom. The zero-order valence-corrected chi connectivity index (χ0v) is 13.4. The van der Waals surface area contributed by atoms with Crippen LogP contribution >= 0.6 is 15.9 Å². The molecule has 114 valence electrons. The maximum Gasteiger partial charge on any atom is 0.173 e. The lowest BCUT2D eigenvalue weighted by Gasteiger charge is -2.18. The van der Waals surface area contributed by atoms with Gasteiger partial charge in [-0.3, -0.25) is 16.0 Å². The number of nitrogens with zero attached hydrogens (tertiary/aromatic N) is 2. The average Bonchev–Trinajstić information content (AvgIpc) is 2.83. The number of nitrogens with two attached hydrogens (primary N) is 1. The number of rotatable bonds is 5. The molecule has 0 aliphatic heterocycles. The quantitative estimate of drug-likeness (QED) is 0.490. The van der Waals surface area contributed by atoms with Crippen LogP contribution in [0.2, 0.25) is 0 Å². The molecule has 2 aromatic rings. The summed E-state index contributed by atoms with van der Waals surface area (Å²) in [5.74, 6) is 3.79. The number of hydrogen-bond donors (Lipinski definition) is 2. The van der Waals surface area contributed by atoms with Crippen molar-refractivity contribution >= 4 is 15.9 Å². The highest BCUT2D eigenvalue weighted by molar-refractivity contribution is 9.10. The van der Waals surface area contributed by atoms with Crippen molar-refractivity contribution in [3.8, 4) is 0 Å². The lowest BCUT2D eigenvalue weighted by Crippen LogP contribution is -2.30. The number of hydrazine groups is 1. The molecule has 2 rings (SSSR count). The van der Waals surface area contributed by atoms with E-state index in [1.807, 2.05) is 24.6 Å². The van der Waals surface area contributed by atoms with Gasteiger partial charge in [-0.25, -0.2) is 8.78 Å². The monoisotopic (exact) mass is 358 g/mol. The van der Waals surface area contributed by atoms with Crippen LogP contribution in [0.1, 0.15) is 29.9 Å². The van der Waals surface area contributed by atoms with Gasteiger partial charge >= 0.3 is 0 Å². The van der Waals surface area contributed by atoms with Gasteiger partial charge in [-0.05, 0) is 47.5 Å². The number of hydrogen-bond acceptors (Lipinski definition) is 3. The SMILES string of the molecule is CCn1nc(C)cc1CC(NN)c1ccc(F)c(F)c1Br. The molecule has 0 radical (unpaired) electrons. The average molecular weight is 359 g/mol. The predicted molar refractivity (Wildman–Crippen MR) is 80.5 cm³/mol. The fourth-order valence-electron chi connectivity index (χ4n) is 2.31. The van der Waals surface area contributed by atoms with Gasteiger partial charge in [-0.2, -0.15) is 5.10 Å². The maximum absolute atomic E-state index is 13.7. The Morgan fingerprint density at radius 1 is 1.43 bits per heavy atom. The fraction of sp³-hybridized carbons (Fsp3) is 0.357. The van der Waals surface area contributed by atoms with Gasteiger partial charge in [0.2, 0.25) is 0 Å². The Hall–Kier alpha value is -1.31. The molecular weight excluding hydrogens is 342 g/mol. The highest BCUT2D eigenvalue weighted by Crippen LogP contribution is 2.29. The first-order valence-electron chi connectivity index (χ1n) is 6.60. The minimum absolute atomic E-state index is 0.0877. The van der Waals surface area contributed by atoms with Crippen LogP contribution in [0.5, 0.6) is 0 Å². The van der Waals surface area contributed by atoms with Gasteiger partial charge in [0.05, 0.1) is 16.2 Å². The molecule has 0 aliphatic carbocycles. The van der Waals surface area contributed by atoms with E-state index in [1.54, 1.807) is 0 Å². The summed E-state index contributed by atoms with van der Waals surface area (Å²) in [4.78, 5) is 0. The second-order valence-corrected chi connectivity index (χ2v) is 5.57. The van der Waals surface area contributed by atoms with Crippen LogP contribution in [-0.2, 0) is 13.0 Å². The summed E-state index contributed by atoms with van der Waals surface area (Å²) in [5, 5.41) is 4.37. The second kappa shape index (κ2) is 6.64. The molecule has 0 saturated heterocycles. The van der Waals surface area contributed by atoms with Crippen LogP contribution in [0.25, 0.3) is 0 Å². The third kappa shape index (κ3) is 3.30. The molecule has 1 atom stereocenters. The van der Waals surface area contributed by atoms with E-state index in [9.17, 15) is 8.78 Å². The van der Waals surface area contributed by atoms with E-state index in [0.29, 0.717) is 12.0 Å². The van der Waals surface area contributed by atoms with Gasteiger partial charge in [0, 0.05) is 18.7 Å². The first-order valence-corrected chi connectivity index (χ1v) is 7.40. The number of aromatic nitrogens is 2. The lowest BCUT2D eigenvalue weighted by atomic mass is 10.0. The largest absolute Gasteiger partial charge is 0.271 e. The number of aryl methyl sites for hydroxylation is 2. The summed E-state index contributed by atoms with van der Waals surface area (Å²) in [6.45, 7) is 4.64. The van der Waals surface area contributed by atoms with Crippen LogP contribution in [0.3, 0.4) is 0 Å². The maximum atomic E-state index is 13.7. The summed E-state index contributed by atoms with van der Waals surface area (Å²) in [5.41, 5.74) is 5.11. The van der Waals surface area contributed by atoms with Gasteiger partial charge in [0.1, 0.15) is 0 Å². The van der Waals surface area contributed by atoms with Gasteiger partial charge in [0.25, 0.3) is 0 Å². The number of nitrogens with one attached hydrogen (secondary N) is 1. The Morgan fingerprint density at radius 3 is 2.76 bits per heavy atom. The molecule has 0 spiro atoms. The topological polar surface area (TPSA) is 55.9 Å². The van der Waals surface area contributed by atoms with Gasteiger partial charge < -0.3 is 0 Å². The smallest absolute Gasteiger partial charge is 0.173 e. The molecule has 0 bridgehead atoms. The van der Waals surface area contributed by atoms with Crippen molar-refractivity contribution in [2.75, 3.05) is 0 Å². The Kier molecular flexibility index (Phi) is 5.08. The van der Waals surface area contributed by atoms with Crippen molar-refractivity contribution < 1.29 is 8.78 Å². The molecule has 1 aromatic carbocycles. The van der Waals surface area contributed by atoms with Crippen molar-refractivity contribution in [1.82, 2.24) is 15.2 Å². The predicted octanol–water partition coefficient (Wildman–Crippen LogP) is 3.00. The van der Waals surface area contributed by atoms with E-state index in [-0.39, 0.29) is 10.5 Å². The van der Waals surface area contributed by atoms with Crippen molar-refractivity contribution in [3.63, 3.8) is 0 Å². The third-order valence-corrected chi connectivity index (χ3v) is 4.15. The van der Waals surface area contributed by atoms with Gasteiger partial charge in [0.15, 0.2) is 11.6 Å². The summed E-state index contributed by atoms with van der Waals surface area (Å²) >= 11 is 3.09. The van der Waals surface area contributed by atoms with E-state index in [2.05, 4.69) is 26.5 Å². The molecule has 1 aromatic heterocycles. The van der Waals surface area contributed by atoms with Crippen LogP contribution < -0.4 is 11.3 Å². The molecule has 4 nitrogen and oxygen atoms in total. The van der Waals surface area contributed by atoms with E-state index in [0.717, 1.165) is 24.0 Å². The molecule has 0 saturated carbocycles. The Labute approximate surface area is 130 Å². The number of benzene rings is 1. The van der Waals surface area contributed by atoms with Crippen LogP contribution in [0.4, 0.5) is 8.78 Å². The lowest BCUT2D eigenvalue weighted by molar-refractivity contribution is 0.485. The van der Waals surface area contributed by atoms with Crippen molar-refractivity contribution in [3.05, 3.63) is 51.3 Å². The zero-order valence-electron chi connectivity index (χ0n) is 11.8. The van der Waals surface area contributed by atoms with Gasteiger partial charge in [-0.1, -0.05) is 6.07 Å². The van der Waals surface area contributed by atoms with E-state index in [4.69, 9.17) is 5.84 Å². The molecule has 7 heteroatoms.